The highest BCUT2D eigenvalue weighted by atomic mass is 31.0. The Morgan fingerprint density at radius 2 is 1.21 bits per heavy atom. The van der Waals surface area contributed by atoms with Crippen LogP contribution in [0.1, 0.15) is 99.1 Å². The first-order valence-electron chi connectivity index (χ1n) is 14.3. The number of halogens is 6. The predicted octanol–water partition coefficient (Wildman–Crippen LogP) is 10.5. The lowest BCUT2D eigenvalue weighted by Crippen LogP contribution is -2.14. The SMILES string of the molecule is COCCCc1cccc(OC)c1-c1c(C(C)C)cc(C(C)C)cc1C(C)C.FC(F)(F)c1cc(P)cc(C(F)(F)F)c1. The van der Waals surface area contributed by atoms with Gasteiger partial charge in [-0.2, -0.15) is 26.3 Å². The molecule has 0 spiro atoms. The van der Waals surface area contributed by atoms with E-state index in [2.05, 4.69) is 71.9 Å². The van der Waals surface area contributed by atoms with Crippen LogP contribution in [0.2, 0.25) is 0 Å². The van der Waals surface area contributed by atoms with Gasteiger partial charge < -0.3 is 9.47 Å². The molecule has 3 rings (SSSR count). The van der Waals surface area contributed by atoms with E-state index in [1.165, 1.54) is 33.4 Å². The van der Waals surface area contributed by atoms with E-state index in [0.717, 1.165) is 25.2 Å². The van der Waals surface area contributed by atoms with Gasteiger partial charge in [-0.1, -0.05) is 65.8 Å². The summed E-state index contributed by atoms with van der Waals surface area (Å²) < 4.78 is 84.1. The van der Waals surface area contributed by atoms with Crippen LogP contribution < -0.4 is 10.0 Å². The molecule has 0 heterocycles. The minimum atomic E-state index is -4.77. The summed E-state index contributed by atoms with van der Waals surface area (Å²) in [5.74, 6) is 2.38. The molecular weight excluding hydrogens is 585 g/mol. The molecule has 0 saturated carbocycles. The maximum atomic E-state index is 12.2. The third kappa shape index (κ3) is 9.97. The molecule has 0 aliphatic carbocycles. The molecule has 0 fully saturated rings. The smallest absolute Gasteiger partial charge is 0.416 e. The maximum absolute atomic E-state index is 12.2. The van der Waals surface area contributed by atoms with Crippen LogP contribution in [-0.2, 0) is 23.5 Å². The summed E-state index contributed by atoms with van der Waals surface area (Å²) in [4.78, 5) is 0. The summed E-state index contributed by atoms with van der Waals surface area (Å²) >= 11 is 0. The Morgan fingerprint density at radius 3 is 1.60 bits per heavy atom. The predicted molar refractivity (Wildman–Crippen MR) is 167 cm³/mol. The van der Waals surface area contributed by atoms with Crippen molar-refractivity contribution in [1.82, 2.24) is 0 Å². The third-order valence-corrected chi connectivity index (χ3v) is 7.45. The molecule has 0 aliphatic rings. The molecule has 0 N–H and O–H groups in total. The standard InChI is InChI=1S/C26H38O2.C8H5F6P/c1-17(2)21-15-22(18(3)4)26(23(16-21)19(5)6)25-20(12-10-14-27-7)11-9-13-24(25)28-8;9-7(10,11)4-1-5(8(12,13)14)3-6(15)2-4/h9,11,13,15-19H,10,12,14H2,1-8H3;1-3H,15H2. The van der Waals surface area contributed by atoms with Crippen LogP contribution in [-0.4, -0.2) is 20.8 Å². The first-order valence-corrected chi connectivity index (χ1v) is 14.9. The Morgan fingerprint density at radius 1 is 0.698 bits per heavy atom. The lowest BCUT2D eigenvalue weighted by atomic mass is 9.80. The monoisotopic (exact) mass is 628 g/mol. The molecule has 0 saturated heterocycles. The number of ether oxygens (including phenoxy) is 2. The quantitative estimate of drug-likeness (QED) is 0.133. The summed E-state index contributed by atoms with van der Waals surface area (Å²) in [6.07, 6.45) is -7.55. The normalized spacial score (nSPS) is 12.1. The van der Waals surface area contributed by atoms with E-state index in [1.54, 1.807) is 14.2 Å². The molecule has 238 valence electrons. The number of methoxy groups -OCH3 is 2. The van der Waals surface area contributed by atoms with Crippen LogP contribution in [0.5, 0.6) is 5.75 Å². The minimum Gasteiger partial charge on any atom is -0.496 e. The fraction of sp³-hybridized carbons (Fsp3) is 0.471. The van der Waals surface area contributed by atoms with Crippen molar-refractivity contribution in [3.05, 3.63) is 81.9 Å². The summed E-state index contributed by atoms with van der Waals surface area (Å²) in [7, 11) is 5.36. The molecule has 43 heavy (non-hydrogen) atoms. The zero-order valence-electron chi connectivity index (χ0n) is 26.1. The van der Waals surface area contributed by atoms with E-state index in [9.17, 15) is 26.3 Å². The Balaban J connectivity index is 0.000000362. The average Bonchev–Trinajstić information content (AvgIpc) is 2.91. The zero-order chi connectivity index (χ0) is 32.7. The van der Waals surface area contributed by atoms with E-state index in [-0.39, 0.29) is 11.4 Å². The topological polar surface area (TPSA) is 18.5 Å². The molecule has 0 aromatic heterocycles. The second-order valence-electron chi connectivity index (χ2n) is 11.5. The molecule has 2 nitrogen and oxygen atoms in total. The van der Waals surface area contributed by atoms with Gasteiger partial charge in [0.15, 0.2) is 0 Å². The van der Waals surface area contributed by atoms with Gasteiger partial charge in [0.1, 0.15) is 5.75 Å². The highest BCUT2D eigenvalue weighted by Crippen LogP contribution is 2.44. The maximum Gasteiger partial charge on any atom is 0.416 e. The van der Waals surface area contributed by atoms with Gasteiger partial charge in [0.2, 0.25) is 0 Å². The lowest BCUT2D eigenvalue weighted by Gasteiger charge is -2.26. The third-order valence-electron chi connectivity index (χ3n) is 7.12. The molecule has 1 atom stereocenters. The van der Waals surface area contributed by atoms with Crippen molar-refractivity contribution >= 4 is 14.5 Å². The zero-order valence-corrected chi connectivity index (χ0v) is 27.3. The first-order chi connectivity index (χ1) is 19.9. The second kappa shape index (κ2) is 15.4. The molecule has 0 bridgehead atoms. The molecule has 0 amide bonds. The largest absolute Gasteiger partial charge is 0.496 e. The van der Waals surface area contributed by atoms with Gasteiger partial charge in [-0.25, -0.2) is 0 Å². The van der Waals surface area contributed by atoms with Crippen LogP contribution in [0, 0.1) is 0 Å². The highest BCUT2D eigenvalue weighted by molar-refractivity contribution is 7.27. The number of benzene rings is 3. The van der Waals surface area contributed by atoms with E-state index in [0.29, 0.717) is 29.9 Å². The van der Waals surface area contributed by atoms with Gasteiger partial charge in [0.25, 0.3) is 0 Å². The number of rotatable bonds is 9. The van der Waals surface area contributed by atoms with Crippen LogP contribution in [0.15, 0.2) is 48.5 Å². The van der Waals surface area contributed by atoms with Gasteiger partial charge in [0.05, 0.1) is 18.2 Å². The molecule has 1 unspecified atom stereocenters. The van der Waals surface area contributed by atoms with Crippen LogP contribution in [0.3, 0.4) is 0 Å². The summed E-state index contributed by atoms with van der Waals surface area (Å²) in [6, 6.07) is 12.7. The fourth-order valence-corrected chi connectivity index (χ4v) is 5.23. The Kier molecular flexibility index (Phi) is 13.1. The van der Waals surface area contributed by atoms with Crippen LogP contribution in [0.4, 0.5) is 26.3 Å². The molecular formula is C34H43F6O2P. The summed E-state index contributed by atoms with van der Waals surface area (Å²) in [5, 5.41) is -0.155. The van der Waals surface area contributed by atoms with Gasteiger partial charge in [-0.15, -0.1) is 9.24 Å². The van der Waals surface area contributed by atoms with Crippen molar-refractivity contribution in [2.75, 3.05) is 20.8 Å². The molecule has 0 radical (unpaired) electrons. The molecule has 3 aromatic carbocycles. The van der Waals surface area contributed by atoms with Gasteiger partial charge in [-0.3, -0.25) is 0 Å². The van der Waals surface area contributed by atoms with Crippen molar-refractivity contribution in [3.8, 4) is 16.9 Å². The van der Waals surface area contributed by atoms with E-state index in [4.69, 9.17) is 9.47 Å². The highest BCUT2D eigenvalue weighted by Gasteiger charge is 2.36. The number of alkyl halides is 6. The van der Waals surface area contributed by atoms with E-state index < -0.39 is 23.5 Å². The van der Waals surface area contributed by atoms with Gasteiger partial charge >= 0.3 is 12.4 Å². The molecule has 3 aromatic rings. The fourth-order valence-electron chi connectivity index (χ4n) is 4.87. The van der Waals surface area contributed by atoms with Crippen LogP contribution >= 0.6 is 9.24 Å². The van der Waals surface area contributed by atoms with E-state index in [1.807, 2.05) is 9.24 Å². The van der Waals surface area contributed by atoms with Gasteiger partial charge in [-0.05, 0) is 88.0 Å². The van der Waals surface area contributed by atoms with Crippen molar-refractivity contribution in [2.24, 2.45) is 0 Å². The number of hydrogen-bond acceptors (Lipinski definition) is 2. The molecule has 0 aliphatic heterocycles. The number of aryl methyl sites for hydroxylation is 1. The minimum absolute atomic E-state index is 0.0908. The average molecular weight is 629 g/mol. The Bertz CT molecular complexity index is 1280. The van der Waals surface area contributed by atoms with Crippen molar-refractivity contribution < 1.29 is 35.8 Å². The Hall–Kier alpha value is -2.57. The van der Waals surface area contributed by atoms with Crippen molar-refractivity contribution in [3.63, 3.8) is 0 Å². The van der Waals surface area contributed by atoms with Crippen molar-refractivity contribution in [1.29, 1.82) is 0 Å². The first kappa shape index (κ1) is 36.6. The Labute approximate surface area is 254 Å². The summed E-state index contributed by atoms with van der Waals surface area (Å²) in [6.45, 7) is 14.5. The lowest BCUT2D eigenvalue weighted by molar-refractivity contribution is -0.142. The van der Waals surface area contributed by atoms with Crippen molar-refractivity contribution in [2.45, 2.75) is 84.5 Å². The molecule has 9 heteroatoms. The van der Waals surface area contributed by atoms with E-state index >= 15 is 0 Å². The summed E-state index contributed by atoms with van der Waals surface area (Å²) in [5.41, 5.74) is 5.65. The second-order valence-corrected chi connectivity index (χ2v) is 12.1. The number of hydrogen-bond donors (Lipinski definition) is 0. The van der Waals surface area contributed by atoms with Crippen LogP contribution in [0.25, 0.3) is 11.1 Å². The van der Waals surface area contributed by atoms with Gasteiger partial charge in [0, 0.05) is 19.3 Å².